The molecule has 3 rings (SSSR count). The topological polar surface area (TPSA) is 88.7 Å². The Kier molecular flexibility index (Phi) is 7.68. The van der Waals surface area contributed by atoms with E-state index in [0.29, 0.717) is 29.3 Å². The first-order valence-electron chi connectivity index (χ1n) is 10.3. The normalized spacial score (nSPS) is 15.6. The van der Waals surface area contributed by atoms with Gasteiger partial charge >= 0.3 is 0 Å². The van der Waals surface area contributed by atoms with E-state index >= 15 is 0 Å². The second-order valence-corrected chi connectivity index (χ2v) is 7.58. The Balaban J connectivity index is 1.48. The van der Waals surface area contributed by atoms with E-state index in [2.05, 4.69) is 16.0 Å². The summed E-state index contributed by atoms with van der Waals surface area (Å²) >= 11 is 0. The van der Waals surface area contributed by atoms with Crippen LogP contribution in [0.1, 0.15) is 37.0 Å². The minimum Gasteiger partial charge on any atom is -0.491 e. The van der Waals surface area contributed by atoms with Gasteiger partial charge in [0.05, 0.1) is 12.6 Å². The molecule has 1 heterocycles. The van der Waals surface area contributed by atoms with Gasteiger partial charge < -0.3 is 25.4 Å². The van der Waals surface area contributed by atoms with E-state index in [0.717, 1.165) is 19.4 Å². The number of hydrogen-bond donors (Lipinski definition) is 3. The van der Waals surface area contributed by atoms with Crippen LogP contribution in [0.4, 0.5) is 11.4 Å². The average molecular weight is 412 g/mol. The molecular formula is C23H29N3O4. The Morgan fingerprint density at radius 2 is 1.93 bits per heavy atom. The molecule has 160 valence electrons. The average Bonchev–Trinajstić information content (AvgIpc) is 3.24. The summed E-state index contributed by atoms with van der Waals surface area (Å²) in [6.07, 6.45) is 2.23. The van der Waals surface area contributed by atoms with Gasteiger partial charge in [0, 0.05) is 35.7 Å². The highest BCUT2D eigenvalue weighted by Crippen LogP contribution is 2.20. The lowest BCUT2D eigenvalue weighted by molar-refractivity contribution is -0.114. The molecule has 7 nitrogen and oxygen atoms in total. The predicted octanol–water partition coefficient (Wildman–Crippen LogP) is 3.43. The molecule has 1 atom stereocenters. The minimum absolute atomic E-state index is 0.0605. The maximum absolute atomic E-state index is 12.3. The fourth-order valence-corrected chi connectivity index (χ4v) is 3.13. The molecule has 7 heteroatoms. The highest BCUT2D eigenvalue weighted by atomic mass is 16.5. The number of rotatable bonds is 9. The maximum atomic E-state index is 12.3. The Morgan fingerprint density at radius 1 is 1.13 bits per heavy atom. The fourth-order valence-electron chi connectivity index (χ4n) is 3.13. The summed E-state index contributed by atoms with van der Waals surface area (Å²) in [5.74, 6) is 0.362. The Hall–Kier alpha value is -3.06. The van der Waals surface area contributed by atoms with Crippen molar-refractivity contribution in [1.82, 2.24) is 5.32 Å². The second kappa shape index (κ2) is 10.6. The van der Waals surface area contributed by atoms with Gasteiger partial charge in [0.15, 0.2) is 0 Å². The monoisotopic (exact) mass is 411 g/mol. The van der Waals surface area contributed by atoms with Crippen molar-refractivity contribution in [2.75, 3.05) is 30.4 Å². The summed E-state index contributed by atoms with van der Waals surface area (Å²) in [6, 6.07) is 14.4. The van der Waals surface area contributed by atoms with Crippen LogP contribution in [0.2, 0.25) is 0 Å². The smallest absolute Gasteiger partial charge is 0.251 e. The van der Waals surface area contributed by atoms with E-state index in [1.165, 1.54) is 0 Å². The van der Waals surface area contributed by atoms with Crippen molar-refractivity contribution >= 4 is 23.2 Å². The number of carbonyl (C=O) groups is 2. The Morgan fingerprint density at radius 3 is 2.70 bits per heavy atom. The van der Waals surface area contributed by atoms with Crippen LogP contribution >= 0.6 is 0 Å². The fraction of sp³-hybridized carbons (Fsp3) is 0.391. The van der Waals surface area contributed by atoms with Gasteiger partial charge in [0.25, 0.3) is 5.91 Å². The van der Waals surface area contributed by atoms with Gasteiger partial charge in [-0.2, -0.15) is 0 Å². The number of benzene rings is 2. The third-order valence-electron chi connectivity index (χ3n) is 4.58. The van der Waals surface area contributed by atoms with Crippen molar-refractivity contribution in [3.8, 4) is 5.75 Å². The SMILES string of the molecule is CC(C)NC(=O)c1cccc(NCC(=O)Nc2cccc(OCC3CCCO3)c2)c1. The number of nitrogens with one attached hydrogen (secondary N) is 3. The molecule has 1 aliphatic heterocycles. The van der Waals surface area contributed by atoms with Crippen molar-refractivity contribution < 1.29 is 19.1 Å². The molecule has 3 N–H and O–H groups in total. The zero-order valence-electron chi connectivity index (χ0n) is 17.4. The summed E-state index contributed by atoms with van der Waals surface area (Å²) in [7, 11) is 0. The molecule has 0 radical (unpaired) electrons. The molecule has 0 spiro atoms. The summed E-state index contributed by atoms with van der Waals surface area (Å²) in [5, 5.41) is 8.75. The third-order valence-corrected chi connectivity index (χ3v) is 4.58. The number of ether oxygens (including phenoxy) is 2. The van der Waals surface area contributed by atoms with Crippen molar-refractivity contribution in [3.05, 3.63) is 54.1 Å². The van der Waals surface area contributed by atoms with Gasteiger partial charge in [-0.05, 0) is 57.0 Å². The van der Waals surface area contributed by atoms with Gasteiger partial charge in [-0.25, -0.2) is 0 Å². The largest absolute Gasteiger partial charge is 0.491 e. The lowest BCUT2D eigenvalue weighted by Gasteiger charge is -2.13. The number of carbonyl (C=O) groups excluding carboxylic acids is 2. The second-order valence-electron chi connectivity index (χ2n) is 7.58. The van der Waals surface area contributed by atoms with Gasteiger partial charge in [-0.15, -0.1) is 0 Å². The molecule has 0 saturated carbocycles. The first-order valence-corrected chi connectivity index (χ1v) is 10.3. The summed E-state index contributed by atoms with van der Waals surface area (Å²) < 4.78 is 11.3. The van der Waals surface area contributed by atoms with E-state index in [1.54, 1.807) is 24.3 Å². The number of amides is 2. The van der Waals surface area contributed by atoms with Crippen molar-refractivity contribution in [1.29, 1.82) is 0 Å². The van der Waals surface area contributed by atoms with Crippen molar-refractivity contribution in [2.45, 2.75) is 38.8 Å². The van der Waals surface area contributed by atoms with Gasteiger partial charge in [0.1, 0.15) is 12.4 Å². The van der Waals surface area contributed by atoms with Crippen LogP contribution in [0.15, 0.2) is 48.5 Å². The Labute approximate surface area is 177 Å². The Bertz CT molecular complexity index is 863. The molecule has 0 aliphatic carbocycles. The predicted molar refractivity (Wildman–Crippen MR) is 117 cm³/mol. The first-order chi connectivity index (χ1) is 14.5. The van der Waals surface area contributed by atoms with E-state index in [1.807, 2.05) is 38.1 Å². The number of anilines is 2. The lowest BCUT2D eigenvalue weighted by Crippen LogP contribution is -2.30. The van der Waals surface area contributed by atoms with Crippen molar-refractivity contribution in [2.24, 2.45) is 0 Å². The maximum Gasteiger partial charge on any atom is 0.251 e. The van der Waals surface area contributed by atoms with Crippen molar-refractivity contribution in [3.63, 3.8) is 0 Å². The van der Waals surface area contributed by atoms with E-state index < -0.39 is 0 Å². The molecule has 2 aromatic rings. The molecule has 0 bridgehead atoms. The highest BCUT2D eigenvalue weighted by molar-refractivity contribution is 5.96. The van der Waals surface area contributed by atoms with Crippen LogP contribution in [0.3, 0.4) is 0 Å². The molecule has 0 aromatic heterocycles. The van der Waals surface area contributed by atoms with Crippen LogP contribution in [-0.2, 0) is 9.53 Å². The van der Waals surface area contributed by atoms with Gasteiger partial charge in [-0.3, -0.25) is 9.59 Å². The van der Waals surface area contributed by atoms with Crippen LogP contribution in [0.25, 0.3) is 0 Å². The van der Waals surface area contributed by atoms with Gasteiger partial charge in [-0.1, -0.05) is 12.1 Å². The molecule has 1 aliphatic rings. The first kappa shape index (κ1) is 21.6. The number of hydrogen-bond acceptors (Lipinski definition) is 5. The minimum atomic E-state index is -0.191. The van der Waals surface area contributed by atoms with E-state index in [4.69, 9.17) is 9.47 Å². The molecule has 2 aromatic carbocycles. The summed E-state index contributed by atoms with van der Waals surface area (Å²) in [4.78, 5) is 24.4. The third kappa shape index (κ3) is 6.77. The standard InChI is InChI=1S/C23H29N3O4/c1-16(2)25-23(28)17-6-3-7-18(12-17)24-14-22(27)26-19-8-4-9-20(13-19)30-15-21-10-5-11-29-21/h3-4,6-9,12-13,16,21,24H,5,10-11,14-15H2,1-2H3,(H,25,28)(H,26,27). The molecule has 1 fully saturated rings. The zero-order valence-corrected chi connectivity index (χ0v) is 17.4. The van der Waals surface area contributed by atoms with Crippen LogP contribution < -0.4 is 20.7 Å². The molecule has 30 heavy (non-hydrogen) atoms. The zero-order chi connectivity index (χ0) is 21.3. The molecule has 2 amide bonds. The molecule has 1 saturated heterocycles. The van der Waals surface area contributed by atoms with E-state index in [-0.39, 0.29) is 30.5 Å². The van der Waals surface area contributed by atoms with E-state index in [9.17, 15) is 9.59 Å². The summed E-state index contributed by atoms with van der Waals surface area (Å²) in [5.41, 5.74) is 1.91. The van der Waals surface area contributed by atoms with Gasteiger partial charge in [0.2, 0.25) is 5.91 Å². The molecular weight excluding hydrogens is 382 g/mol. The lowest BCUT2D eigenvalue weighted by atomic mass is 10.1. The van der Waals surface area contributed by atoms with Crippen LogP contribution in [0.5, 0.6) is 5.75 Å². The van der Waals surface area contributed by atoms with Crippen LogP contribution in [-0.4, -0.2) is 43.7 Å². The quantitative estimate of drug-likeness (QED) is 0.588. The summed E-state index contributed by atoms with van der Waals surface area (Å²) in [6.45, 7) is 5.21. The molecule has 1 unspecified atom stereocenters. The highest BCUT2D eigenvalue weighted by Gasteiger charge is 2.16. The van der Waals surface area contributed by atoms with Crippen LogP contribution in [0, 0.1) is 0 Å².